The molecule has 188 valence electrons. The second-order valence-electron chi connectivity index (χ2n) is 10.7. The number of aliphatic hydroxyl groups excluding tert-OH is 1. The summed E-state index contributed by atoms with van der Waals surface area (Å²) < 4.78 is 53.3. The Morgan fingerprint density at radius 3 is 2.50 bits per heavy atom. The highest BCUT2D eigenvalue weighted by atomic mass is 35.5. The topological polar surface area (TPSA) is 80.7 Å². The van der Waals surface area contributed by atoms with Crippen LogP contribution in [0.1, 0.15) is 53.4 Å². The average Bonchev–Trinajstić information content (AvgIpc) is 3.00. The number of allylic oxidation sites excluding steroid dienone is 4. The predicted octanol–water partition coefficient (Wildman–Crippen LogP) is 4.35. The number of Topliss-reactive ketones (excluding diaryl/α,β-unsaturated/α-hetero) is 1. The minimum atomic E-state index is -2.50. The average molecular weight is 503 g/mol. The van der Waals surface area contributed by atoms with Crippen LogP contribution in [-0.4, -0.2) is 52.1 Å². The Kier molecular flexibility index (Phi) is 5.92. The largest absolute Gasteiger partial charge is 0.450 e. The standard InChI is InChI=1S/C25H30ClF3O5/c1-5-19(33)34-25(18(32)11-26)12(2)8-13-14-9-15(27)20-21(28)16(30)6-7-22(20,3)24(14,29)17(31)10-23(13,25)4/h6-7,12-15,17,31H,5,8-11H2,1-4H3/t12-,13+,14+,15+,17+,22+,23+,24+,25-/m1/s1. The molecule has 0 amide bonds. The van der Waals surface area contributed by atoms with Crippen LogP contribution in [0.3, 0.4) is 0 Å². The number of esters is 1. The summed E-state index contributed by atoms with van der Waals surface area (Å²) in [6.07, 6.45) is -2.17. The summed E-state index contributed by atoms with van der Waals surface area (Å²) in [4.78, 5) is 37.6. The van der Waals surface area contributed by atoms with Gasteiger partial charge in [-0.25, -0.2) is 13.2 Å². The van der Waals surface area contributed by atoms with Crippen LogP contribution >= 0.6 is 11.6 Å². The number of hydrogen-bond acceptors (Lipinski definition) is 5. The van der Waals surface area contributed by atoms with Crippen molar-refractivity contribution in [3.63, 3.8) is 0 Å². The fraction of sp³-hybridized carbons (Fsp3) is 0.720. The third kappa shape index (κ3) is 2.81. The van der Waals surface area contributed by atoms with Gasteiger partial charge in [-0.1, -0.05) is 26.8 Å². The third-order valence-electron chi connectivity index (χ3n) is 9.35. The van der Waals surface area contributed by atoms with Gasteiger partial charge in [-0.3, -0.25) is 14.4 Å². The summed E-state index contributed by atoms with van der Waals surface area (Å²) in [5, 5.41) is 11.3. The zero-order valence-corrected chi connectivity index (χ0v) is 20.4. The van der Waals surface area contributed by atoms with Crippen molar-refractivity contribution in [3.8, 4) is 0 Å². The first-order chi connectivity index (χ1) is 15.8. The number of alkyl halides is 3. The highest BCUT2D eigenvalue weighted by molar-refractivity contribution is 6.29. The van der Waals surface area contributed by atoms with Crippen LogP contribution in [0.5, 0.6) is 0 Å². The molecular formula is C25H30ClF3O5. The summed E-state index contributed by atoms with van der Waals surface area (Å²) in [5.74, 6) is -6.32. The quantitative estimate of drug-likeness (QED) is 0.456. The van der Waals surface area contributed by atoms with Crippen LogP contribution in [0, 0.1) is 28.6 Å². The molecule has 0 aliphatic heterocycles. The van der Waals surface area contributed by atoms with E-state index >= 15 is 8.78 Å². The van der Waals surface area contributed by atoms with Gasteiger partial charge in [0.25, 0.3) is 0 Å². The van der Waals surface area contributed by atoms with E-state index in [1.165, 1.54) is 6.92 Å². The molecule has 4 aliphatic rings. The lowest BCUT2D eigenvalue weighted by Gasteiger charge is -2.63. The highest BCUT2D eigenvalue weighted by Gasteiger charge is 2.78. The first kappa shape index (κ1) is 25.4. The van der Waals surface area contributed by atoms with Crippen molar-refractivity contribution in [2.24, 2.45) is 28.6 Å². The molecule has 0 saturated heterocycles. The fourth-order valence-corrected chi connectivity index (χ4v) is 8.03. The number of halogens is 4. The molecular weight excluding hydrogens is 473 g/mol. The minimum absolute atomic E-state index is 0.000688. The van der Waals surface area contributed by atoms with Crippen molar-refractivity contribution in [1.82, 2.24) is 0 Å². The van der Waals surface area contributed by atoms with Crippen LogP contribution in [0.15, 0.2) is 23.6 Å². The minimum Gasteiger partial charge on any atom is -0.450 e. The van der Waals surface area contributed by atoms with Gasteiger partial charge in [-0.05, 0) is 38.2 Å². The lowest BCUT2D eigenvalue weighted by Crippen LogP contribution is -2.71. The molecule has 0 aromatic carbocycles. The van der Waals surface area contributed by atoms with E-state index < -0.39 is 93.4 Å². The SMILES string of the molecule is CCC(=O)O[C@@]1(C(=O)CCl)[C@H](C)C[C@H]2[C@@H]3C[C@H](F)C4=C(F)C(=O)C=C[C@]4(C)[C@@]3(F)[C@@H](O)C[C@@]21C. The van der Waals surface area contributed by atoms with E-state index in [0.29, 0.717) is 0 Å². The zero-order valence-electron chi connectivity index (χ0n) is 19.7. The lowest BCUT2D eigenvalue weighted by molar-refractivity contribution is -0.230. The molecule has 1 N–H and O–H groups in total. The summed E-state index contributed by atoms with van der Waals surface area (Å²) in [6.45, 7) is 6.27. The van der Waals surface area contributed by atoms with Gasteiger partial charge in [0.2, 0.25) is 5.78 Å². The smallest absolute Gasteiger partial charge is 0.306 e. The van der Waals surface area contributed by atoms with Gasteiger partial charge in [-0.2, -0.15) is 0 Å². The maximum absolute atomic E-state index is 17.2. The number of carbonyl (C=O) groups is 3. The molecule has 3 saturated carbocycles. The predicted molar refractivity (Wildman–Crippen MR) is 118 cm³/mol. The normalized spacial score (nSPS) is 47.7. The third-order valence-corrected chi connectivity index (χ3v) is 9.59. The molecule has 3 fully saturated rings. The van der Waals surface area contributed by atoms with Crippen molar-refractivity contribution in [2.45, 2.75) is 76.9 Å². The summed E-state index contributed by atoms with van der Waals surface area (Å²) in [7, 11) is 0. The van der Waals surface area contributed by atoms with Gasteiger partial charge in [0, 0.05) is 34.7 Å². The molecule has 9 atom stereocenters. The number of ketones is 2. The monoisotopic (exact) mass is 502 g/mol. The maximum atomic E-state index is 17.2. The van der Waals surface area contributed by atoms with Gasteiger partial charge in [0.15, 0.2) is 22.9 Å². The molecule has 0 spiro atoms. The number of rotatable bonds is 4. The number of hydrogen-bond donors (Lipinski definition) is 1. The molecule has 5 nitrogen and oxygen atoms in total. The summed E-state index contributed by atoms with van der Waals surface area (Å²) in [6, 6.07) is 0. The number of ether oxygens (including phenoxy) is 1. The van der Waals surface area contributed by atoms with E-state index in [-0.39, 0.29) is 19.3 Å². The Labute approximate surface area is 201 Å². The molecule has 0 unspecified atom stereocenters. The van der Waals surface area contributed by atoms with Gasteiger partial charge >= 0.3 is 5.97 Å². The Balaban J connectivity index is 1.90. The van der Waals surface area contributed by atoms with Gasteiger partial charge in [0.05, 0.1) is 12.0 Å². The molecule has 4 rings (SSSR count). The molecule has 0 aromatic heterocycles. The molecule has 34 heavy (non-hydrogen) atoms. The molecule has 9 heteroatoms. The number of fused-ring (bicyclic) bond motifs is 5. The molecule has 0 aromatic rings. The summed E-state index contributed by atoms with van der Waals surface area (Å²) >= 11 is 5.95. The van der Waals surface area contributed by atoms with E-state index in [9.17, 15) is 23.9 Å². The highest BCUT2D eigenvalue weighted by Crippen LogP contribution is 2.72. The Bertz CT molecular complexity index is 1010. The zero-order chi connectivity index (χ0) is 25.4. The molecule has 0 bridgehead atoms. The van der Waals surface area contributed by atoms with Crippen LogP contribution < -0.4 is 0 Å². The fourth-order valence-electron chi connectivity index (χ4n) is 7.84. The Hall–Kier alpha value is -1.67. The molecule has 0 heterocycles. The first-order valence-corrected chi connectivity index (χ1v) is 12.3. The van der Waals surface area contributed by atoms with E-state index in [1.54, 1.807) is 20.8 Å². The molecule has 4 aliphatic carbocycles. The maximum Gasteiger partial charge on any atom is 0.306 e. The van der Waals surface area contributed by atoms with E-state index in [1.807, 2.05) is 0 Å². The second-order valence-corrected chi connectivity index (χ2v) is 11.0. The van der Waals surface area contributed by atoms with Crippen LogP contribution in [0.2, 0.25) is 0 Å². The van der Waals surface area contributed by atoms with Crippen molar-refractivity contribution in [3.05, 3.63) is 23.6 Å². The van der Waals surface area contributed by atoms with Gasteiger partial charge < -0.3 is 9.84 Å². The van der Waals surface area contributed by atoms with Crippen LogP contribution in [-0.2, 0) is 19.1 Å². The van der Waals surface area contributed by atoms with Gasteiger partial charge in [0.1, 0.15) is 6.17 Å². The number of carbonyl (C=O) groups excluding carboxylic acids is 3. The van der Waals surface area contributed by atoms with Crippen molar-refractivity contribution in [1.29, 1.82) is 0 Å². The van der Waals surface area contributed by atoms with Crippen molar-refractivity contribution in [2.75, 3.05) is 5.88 Å². The Morgan fingerprint density at radius 2 is 1.91 bits per heavy atom. The van der Waals surface area contributed by atoms with Crippen LogP contribution in [0.4, 0.5) is 13.2 Å². The summed E-state index contributed by atoms with van der Waals surface area (Å²) in [5.41, 5.74) is -7.90. The van der Waals surface area contributed by atoms with E-state index in [4.69, 9.17) is 16.3 Å². The first-order valence-electron chi connectivity index (χ1n) is 11.7. The van der Waals surface area contributed by atoms with E-state index in [2.05, 4.69) is 0 Å². The van der Waals surface area contributed by atoms with Crippen molar-refractivity contribution < 1.29 is 37.4 Å². The second kappa shape index (κ2) is 7.92. The lowest BCUT2D eigenvalue weighted by atomic mass is 9.44. The van der Waals surface area contributed by atoms with Gasteiger partial charge in [-0.15, -0.1) is 11.6 Å². The molecule has 0 radical (unpaired) electrons. The van der Waals surface area contributed by atoms with E-state index in [0.717, 1.165) is 12.2 Å². The van der Waals surface area contributed by atoms with Crippen molar-refractivity contribution >= 4 is 29.1 Å². The van der Waals surface area contributed by atoms with Crippen LogP contribution in [0.25, 0.3) is 0 Å². The Morgan fingerprint density at radius 1 is 1.26 bits per heavy atom. The number of aliphatic hydroxyl groups is 1.